The Labute approximate surface area is 179 Å². The minimum absolute atomic E-state index is 0.113. The van der Waals surface area contributed by atoms with Crippen molar-refractivity contribution in [1.29, 1.82) is 0 Å². The standard InChI is InChI=1S/C23H21N5O3/c1-4-23(31,10-11-27(3)15-29)9-8-17-6-5-7-18(13-17)28-20-14-25-16(2)12-19(20)21(26-28)22(24)30/h1,5-7,12-15,31H,10-11H2,2-3H3,(H2,24,30). The average molecular weight is 415 g/mol. The minimum atomic E-state index is -1.67. The van der Waals surface area contributed by atoms with Gasteiger partial charge in [0.2, 0.25) is 6.41 Å². The molecule has 0 fully saturated rings. The molecule has 1 aromatic carbocycles. The molecule has 0 aliphatic heterocycles. The van der Waals surface area contributed by atoms with E-state index in [4.69, 9.17) is 12.2 Å². The molecular formula is C23H21N5O3. The van der Waals surface area contributed by atoms with Crippen molar-refractivity contribution in [2.75, 3.05) is 13.6 Å². The van der Waals surface area contributed by atoms with E-state index in [1.54, 1.807) is 48.3 Å². The fourth-order valence-corrected chi connectivity index (χ4v) is 2.95. The van der Waals surface area contributed by atoms with Crippen molar-refractivity contribution in [3.05, 3.63) is 53.5 Å². The van der Waals surface area contributed by atoms with E-state index in [-0.39, 0.29) is 18.7 Å². The van der Waals surface area contributed by atoms with Crippen molar-refractivity contribution in [3.63, 3.8) is 0 Å². The van der Waals surface area contributed by atoms with Crippen LogP contribution in [0.25, 0.3) is 16.6 Å². The van der Waals surface area contributed by atoms with E-state index in [1.807, 2.05) is 6.92 Å². The first kappa shape index (κ1) is 21.6. The number of aryl methyl sites for hydroxylation is 1. The van der Waals surface area contributed by atoms with Crippen LogP contribution in [-0.4, -0.2) is 56.3 Å². The summed E-state index contributed by atoms with van der Waals surface area (Å²) in [5.41, 5.74) is 6.56. The Morgan fingerprint density at radius 1 is 1.42 bits per heavy atom. The Morgan fingerprint density at radius 3 is 2.87 bits per heavy atom. The third-order valence-electron chi connectivity index (χ3n) is 4.69. The molecule has 0 saturated carbocycles. The van der Waals surface area contributed by atoms with E-state index >= 15 is 0 Å². The normalized spacial score (nSPS) is 12.3. The van der Waals surface area contributed by atoms with Gasteiger partial charge in [-0.15, -0.1) is 6.42 Å². The van der Waals surface area contributed by atoms with Crippen LogP contribution in [0.2, 0.25) is 0 Å². The van der Waals surface area contributed by atoms with Gasteiger partial charge in [0.05, 0.1) is 17.4 Å². The second-order valence-corrected chi connectivity index (χ2v) is 7.11. The Balaban J connectivity index is 1.99. The Morgan fingerprint density at radius 2 is 2.19 bits per heavy atom. The predicted molar refractivity (Wildman–Crippen MR) is 116 cm³/mol. The number of rotatable bonds is 6. The number of hydrogen-bond donors (Lipinski definition) is 2. The van der Waals surface area contributed by atoms with Crippen LogP contribution in [0.3, 0.4) is 0 Å². The summed E-state index contributed by atoms with van der Waals surface area (Å²) >= 11 is 0. The van der Waals surface area contributed by atoms with Crippen LogP contribution >= 0.6 is 0 Å². The zero-order valence-electron chi connectivity index (χ0n) is 17.2. The number of fused-ring (bicyclic) bond motifs is 1. The van der Waals surface area contributed by atoms with Crippen LogP contribution < -0.4 is 5.73 Å². The molecule has 1 unspecified atom stereocenters. The summed E-state index contributed by atoms with van der Waals surface area (Å²) < 4.78 is 1.57. The van der Waals surface area contributed by atoms with Crippen molar-refractivity contribution in [2.24, 2.45) is 5.73 Å². The SMILES string of the molecule is C#CC(O)(C#Cc1cccc(-n2nc(C(N)=O)c3cc(C)ncc32)c1)CCN(C)C=O. The van der Waals surface area contributed by atoms with E-state index in [9.17, 15) is 14.7 Å². The first-order chi connectivity index (χ1) is 14.8. The van der Waals surface area contributed by atoms with Crippen LogP contribution in [0.4, 0.5) is 0 Å². The third kappa shape index (κ3) is 4.72. The molecule has 1 atom stereocenters. The molecule has 0 radical (unpaired) electrons. The molecule has 3 N–H and O–H groups in total. The summed E-state index contributed by atoms with van der Waals surface area (Å²) in [5.74, 6) is 7.22. The van der Waals surface area contributed by atoms with E-state index in [2.05, 4.69) is 27.8 Å². The molecule has 2 heterocycles. The highest BCUT2D eigenvalue weighted by Gasteiger charge is 2.21. The Kier molecular flexibility index (Phi) is 6.05. The van der Waals surface area contributed by atoms with Gasteiger partial charge in [-0.2, -0.15) is 5.10 Å². The summed E-state index contributed by atoms with van der Waals surface area (Å²) in [7, 11) is 1.59. The highest BCUT2D eigenvalue weighted by molar-refractivity contribution is 6.04. The van der Waals surface area contributed by atoms with Crippen molar-refractivity contribution >= 4 is 23.2 Å². The Hall–Kier alpha value is -4.14. The maximum absolute atomic E-state index is 11.8. The number of terminal acetylenes is 1. The quantitative estimate of drug-likeness (QED) is 0.461. The minimum Gasteiger partial charge on any atom is -0.367 e. The zero-order valence-corrected chi connectivity index (χ0v) is 17.2. The summed E-state index contributed by atoms with van der Waals surface area (Å²) in [5, 5.41) is 15.5. The second-order valence-electron chi connectivity index (χ2n) is 7.11. The van der Waals surface area contributed by atoms with Crippen LogP contribution in [0.15, 0.2) is 36.5 Å². The molecule has 0 saturated heterocycles. The molecule has 0 bridgehead atoms. The van der Waals surface area contributed by atoms with E-state index < -0.39 is 11.5 Å². The lowest BCUT2D eigenvalue weighted by Crippen LogP contribution is -2.30. The van der Waals surface area contributed by atoms with Gasteiger partial charge in [-0.25, -0.2) is 4.68 Å². The van der Waals surface area contributed by atoms with Crippen molar-refractivity contribution < 1.29 is 14.7 Å². The third-order valence-corrected chi connectivity index (χ3v) is 4.69. The van der Waals surface area contributed by atoms with Gasteiger partial charge in [-0.3, -0.25) is 14.6 Å². The van der Waals surface area contributed by atoms with Crippen molar-refractivity contribution in [1.82, 2.24) is 19.7 Å². The number of pyridine rings is 1. The van der Waals surface area contributed by atoms with Gasteiger partial charge in [-0.05, 0) is 37.1 Å². The Bertz CT molecular complexity index is 1260. The number of carbonyl (C=O) groups excluding carboxylic acids is 2. The van der Waals surface area contributed by atoms with Gasteiger partial charge in [0, 0.05) is 36.7 Å². The number of primary amides is 1. The highest BCUT2D eigenvalue weighted by Crippen LogP contribution is 2.22. The summed E-state index contributed by atoms with van der Waals surface area (Å²) in [6.45, 7) is 2.08. The highest BCUT2D eigenvalue weighted by atomic mass is 16.3. The van der Waals surface area contributed by atoms with E-state index in [1.165, 1.54) is 4.90 Å². The molecule has 0 aliphatic carbocycles. The molecular weight excluding hydrogens is 394 g/mol. The molecule has 3 aromatic rings. The molecule has 3 rings (SSSR count). The topological polar surface area (TPSA) is 114 Å². The molecule has 8 nitrogen and oxygen atoms in total. The van der Waals surface area contributed by atoms with Gasteiger partial charge < -0.3 is 15.7 Å². The van der Waals surface area contributed by atoms with Gasteiger partial charge in [0.15, 0.2) is 11.3 Å². The fraction of sp³-hybridized carbons (Fsp3) is 0.217. The average Bonchev–Trinajstić information content (AvgIpc) is 3.15. The number of aromatic nitrogens is 3. The predicted octanol–water partition coefficient (Wildman–Crippen LogP) is 1.02. The first-order valence-corrected chi connectivity index (χ1v) is 9.41. The van der Waals surface area contributed by atoms with Crippen molar-refractivity contribution in [3.8, 4) is 29.9 Å². The van der Waals surface area contributed by atoms with E-state index in [0.29, 0.717) is 28.6 Å². The largest absolute Gasteiger partial charge is 0.367 e. The van der Waals surface area contributed by atoms with Crippen LogP contribution in [0.5, 0.6) is 0 Å². The monoisotopic (exact) mass is 415 g/mol. The molecule has 8 heteroatoms. The molecule has 0 aliphatic rings. The van der Waals surface area contributed by atoms with E-state index in [0.717, 1.165) is 5.69 Å². The van der Waals surface area contributed by atoms with Crippen LogP contribution in [0, 0.1) is 31.1 Å². The molecule has 0 spiro atoms. The number of amides is 2. The fourth-order valence-electron chi connectivity index (χ4n) is 2.95. The second kappa shape index (κ2) is 8.70. The van der Waals surface area contributed by atoms with Crippen LogP contribution in [-0.2, 0) is 4.79 Å². The smallest absolute Gasteiger partial charge is 0.269 e. The zero-order chi connectivity index (χ0) is 22.6. The van der Waals surface area contributed by atoms with Gasteiger partial charge in [0.25, 0.3) is 5.91 Å². The molecule has 2 amide bonds. The number of hydrogen-bond acceptors (Lipinski definition) is 5. The molecule has 156 valence electrons. The van der Waals surface area contributed by atoms with Gasteiger partial charge in [-0.1, -0.05) is 17.9 Å². The summed E-state index contributed by atoms with van der Waals surface area (Å²) in [4.78, 5) is 28.2. The number of benzene rings is 1. The lowest BCUT2D eigenvalue weighted by atomic mass is 10.0. The lowest BCUT2D eigenvalue weighted by molar-refractivity contribution is -0.117. The number of aliphatic hydroxyl groups is 1. The van der Waals surface area contributed by atoms with Gasteiger partial charge in [0.1, 0.15) is 0 Å². The number of carbonyl (C=O) groups is 2. The van der Waals surface area contributed by atoms with Crippen LogP contribution in [0.1, 0.15) is 28.2 Å². The number of nitrogens with zero attached hydrogens (tertiary/aromatic N) is 4. The lowest BCUT2D eigenvalue weighted by Gasteiger charge is -2.18. The number of nitrogens with two attached hydrogens (primary N) is 1. The molecule has 2 aromatic heterocycles. The maximum atomic E-state index is 11.8. The first-order valence-electron chi connectivity index (χ1n) is 9.41. The molecule has 31 heavy (non-hydrogen) atoms. The summed E-state index contributed by atoms with van der Waals surface area (Å²) in [6, 6.07) is 8.83. The summed E-state index contributed by atoms with van der Waals surface area (Å²) in [6.07, 6.45) is 7.84. The maximum Gasteiger partial charge on any atom is 0.269 e. The van der Waals surface area contributed by atoms with Crippen molar-refractivity contribution in [2.45, 2.75) is 18.9 Å². The van der Waals surface area contributed by atoms with Gasteiger partial charge >= 0.3 is 0 Å².